The zero-order valence-corrected chi connectivity index (χ0v) is 8.50. The third kappa shape index (κ3) is 1.90. The van der Waals surface area contributed by atoms with Crippen LogP contribution in [0.5, 0.6) is 0 Å². The Hall–Kier alpha value is -0.640. The van der Waals surface area contributed by atoms with E-state index in [0.717, 1.165) is 0 Å². The van der Waals surface area contributed by atoms with E-state index in [1.165, 1.54) is 26.2 Å². The van der Waals surface area contributed by atoms with E-state index < -0.39 is 6.17 Å². The molecule has 1 saturated carbocycles. The first-order valence-electron chi connectivity index (χ1n) is 5.34. The van der Waals surface area contributed by atoms with E-state index in [1.807, 2.05) is 0 Å². The Morgan fingerprint density at radius 1 is 1.50 bits per heavy atom. The minimum atomic E-state index is -0.850. The van der Waals surface area contributed by atoms with Crippen LogP contribution in [0, 0.1) is 0 Å². The lowest BCUT2D eigenvalue weighted by molar-refractivity contribution is -0.130. The fourth-order valence-corrected chi connectivity index (χ4v) is 2.14. The van der Waals surface area contributed by atoms with Crippen LogP contribution in [0.4, 0.5) is 4.39 Å². The van der Waals surface area contributed by atoms with Gasteiger partial charge in [-0.1, -0.05) is 6.42 Å². The summed E-state index contributed by atoms with van der Waals surface area (Å²) in [7, 11) is 0. The fraction of sp³-hybridized carbons (Fsp3) is 0.900. The number of hydrogen-bond donors (Lipinski definition) is 1. The fourth-order valence-electron chi connectivity index (χ4n) is 2.14. The third-order valence-corrected chi connectivity index (χ3v) is 3.19. The summed E-state index contributed by atoms with van der Waals surface area (Å²) < 4.78 is 13.1. The summed E-state index contributed by atoms with van der Waals surface area (Å²) >= 11 is 0. The molecule has 0 aromatic rings. The second-order valence-corrected chi connectivity index (χ2v) is 4.31. The van der Waals surface area contributed by atoms with Gasteiger partial charge < -0.3 is 4.90 Å². The quantitative estimate of drug-likeness (QED) is 0.722. The standard InChI is InChI=1S/C10H17FN2O/c1-7(14)13-6-8(11)5-10(13)12-9-3-2-4-9/h8-10,12H,2-6H2,1H3. The molecule has 1 N–H and O–H groups in total. The van der Waals surface area contributed by atoms with Crippen LogP contribution >= 0.6 is 0 Å². The summed E-state index contributed by atoms with van der Waals surface area (Å²) in [5.74, 6) is -0.0260. The van der Waals surface area contributed by atoms with E-state index in [1.54, 1.807) is 4.90 Å². The highest BCUT2D eigenvalue weighted by atomic mass is 19.1. The number of halogens is 1. The minimum absolute atomic E-state index is 0.0260. The molecule has 0 spiro atoms. The average molecular weight is 200 g/mol. The van der Waals surface area contributed by atoms with Crippen molar-refractivity contribution in [2.24, 2.45) is 0 Å². The van der Waals surface area contributed by atoms with E-state index in [4.69, 9.17) is 0 Å². The number of nitrogens with one attached hydrogen (secondary N) is 1. The van der Waals surface area contributed by atoms with Crippen LogP contribution in [-0.4, -0.2) is 35.7 Å². The lowest BCUT2D eigenvalue weighted by atomic mass is 9.93. The normalized spacial score (nSPS) is 33.1. The van der Waals surface area contributed by atoms with E-state index in [2.05, 4.69) is 5.32 Å². The van der Waals surface area contributed by atoms with E-state index in [9.17, 15) is 9.18 Å². The number of alkyl halides is 1. The van der Waals surface area contributed by atoms with Crippen LogP contribution < -0.4 is 5.32 Å². The van der Waals surface area contributed by atoms with Gasteiger partial charge in [-0.05, 0) is 12.8 Å². The molecule has 0 aromatic heterocycles. The van der Waals surface area contributed by atoms with Crippen molar-refractivity contribution < 1.29 is 9.18 Å². The Labute approximate surface area is 83.6 Å². The Bertz CT molecular complexity index is 230. The molecule has 0 aromatic carbocycles. The molecule has 1 aliphatic carbocycles. The van der Waals surface area contributed by atoms with Crippen molar-refractivity contribution in [1.82, 2.24) is 10.2 Å². The van der Waals surface area contributed by atoms with Gasteiger partial charge in [-0.25, -0.2) is 4.39 Å². The Balaban J connectivity index is 1.90. The second kappa shape index (κ2) is 3.85. The molecule has 2 rings (SSSR count). The predicted molar refractivity (Wildman–Crippen MR) is 51.5 cm³/mol. The van der Waals surface area contributed by atoms with Gasteiger partial charge in [-0.2, -0.15) is 0 Å². The zero-order valence-electron chi connectivity index (χ0n) is 8.50. The molecule has 14 heavy (non-hydrogen) atoms. The topological polar surface area (TPSA) is 32.3 Å². The van der Waals surface area contributed by atoms with E-state index in [0.29, 0.717) is 12.5 Å². The van der Waals surface area contributed by atoms with Gasteiger partial charge in [-0.15, -0.1) is 0 Å². The summed E-state index contributed by atoms with van der Waals surface area (Å²) in [4.78, 5) is 12.8. The van der Waals surface area contributed by atoms with Gasteiger partial charge in [0.2, 0.25) is 5.91 Å². The van der Waals surface area contributed by atoms with Crippen molar-refractivity contribution in [3.63, 3.8) is 0 Å². The summed E-state index contributed by atoms with van der Waals surface area (Å²) in [6.07, 6.45) is 3.13. The summed E-state index contributed by atoms with van der Waals surface area (Å²) in [6, 6.07) is 0.507. The largest absolute Gasteiger partial charge is 0.324 e. The third-order valence-electron chi connectivity index (χ3n) is 3.19. The van der Waals surface area contributed by atoms with Crippen LogP contribution in [0.1, 0.15) is 32.6 Å². The van der Waals surface area contributed by atoms with Crippen molar-refractivity contribution in [3.8, 4) is 0 Å². The van der Waals surface area contributed by atoms with Crippen molar-refractivity contribution >= 4 is 5.91 Å². The highest BCUT2D eigenvalue weighted by Crippen LogP contribution is 2.24. The number of carbonyl (C=O) groups is 1. The van der Waals surface area contributed by atoms with Crippen molar-refractivity contribution in [3.05, 3.63) is 0 Å². The number of amides is 1. The molecule has 1 saturated heterocycles. The van der Waals surface area contributed by atoms with Gasteiger partial charge in [0.05, 0.1) is 12.7 Å². The summed E-state index contributed by atoms with van der Waals surface area (Å²) in [5, 5.41) is 3.34. The number of rotatable bonds is 2. The molecule has 2 fully saturated rings. The molecule has 1 heterocycles. The lowest BCUT2D eigenvalue weighted by Gasteiger charge is -2.33. The Morgan fingerprint density at radius 3 is 2.71 bits per heavy atom. The Morgan fingerprint density at radius 2 is 2.21 bits per heavy atom. The maximum Gasteiger partial charge on any atom is 0.220 e. The summed E-state index contributed by atoms with van der Waals surface area (Å²) in [5.41, 5.74) is 0. The minimum Gasteiger partial charge on any atom is -0.324 e. The van der Waals surface area contributed by atoms with Crippen LogP contribution in [0.3, 0.4) is 0 Å². The van der Waals surface area contributed by atoms with Crippen LogP contribution in [0.15, 0.2) is 0 Å². The van der Waals surface area contributed by atoms with Gasteiger partial charge in [0, 0.05) is 19.4 Å². The van der Waals surface area contributed by atoms with Gasteiger partial charge >= 0.3 is 0 Å². The maximum absolute atomic E-state index is 13.1. The molecule has 4 heteroatoms. The predicted octanol–water partition coefficient (Wildman–Crippen LogP) is 1.04. The highest BCUT2D eigenvalue weighted by Gasteiger charge is 2.35. The SMILES string of the molecule is CC(=O)N1CC(F)CC1NC1CCC1. The first kappa shape index (κ1) is 9.90. The first-order valence-corrected chi connectivity index (χ1v) is 5.34. The summed E-state index contributed by atoms with van der Waals surface area (Å²) in [6.45, 7) is 1.77. The van der Waals surface area contributed by atoms with Crippen molar-refractivity contribution in [1.29, 1.82) is 0 Å². The molecule has 1 aliphatic heterocycles. The van der Waals surface area contributed by atoms with Gasteiger partial charge in [0.25, 0.3) is 0 Å². The first-order chi connectivity index (χ1) is 6.66. The number of nitrogens with zero attached hydrogens (tertiary/aromatic N) is 1. The average Bonchev–Trinajstić information content (AvgIpc) is 2.39. The van der Waals surface area contributed by atoms with Crippen molar-refractivity contribution in [2.75, 3.05) is 6.54 Å². The molecular formula is C10H17FN2O. The monoisotopic (exact) mass is 200 g/mol. The number of hydrogen-bond acceptors (Lipinski definition) is 2. The molecule has 2 unspecified atom stereocenters. The van der Waals surface area contributed by atoms with Crippen LogP contribution in [0.2, 0.25) is 0 Å². The van der Waals surface area contributed by atoms with Gasteiger partial charge in [0.15, 0.2) is 0 Å². The lowest BCUT2D eigenvalue weighted by Crippen LogP contribution is -2.50. The Kier molecular flexibility index (Phi) is 2.72. The molecule has 0 radical (unpaired) electrons. The highest BCUT2D eigenvalue weighted by molar-refractivity contribution is 5.74. The van der Waals surface area contributed by atoms with Gasteiger partial charge in [-0.3, -0.25) is 10.1 Å². The van der Waals surface area contributed by atoms with Crippen LogP contribution in [0.25, 0.3) is 0 Å². The van der Waals surface area contributed by atoms with Crippen molar-refractivity contribution in [2.45, 2.75) is 51.0 Å². The zero-order chi connectivity index (χ0) is 10.1. The molecule has 2 aliphatic rings. The maximum atomic E-state index is 13.1. The second-order valence-electron chi connectivity index (χ2n) is 4.31. The molecule has 80 valence electrons. The number of carbonyl (C=O) groups excluding carboxylic acids is 1. The van der Waals surface area contributed by atoms with Gasteiger partial charge in [0.1, 0.15) is 6.17 Å². The van der Waals surface area contributed by atoms with E-state index >= 15 is 0 Å². The van der Waals surface area contributed by atoms with Crippen LogP contribution in [-0.2, 0) is 4.79 Å². The molecule has 3 nitrogen and oxygen atoms in total. The molecule has 2 atom stereocenters. The molecule has 0 bridgehead atoms. The molecular weight excluding hydrogens is 183 g/mol. The smallest absolute Gasteiger partial charge is 0.220 e. The number of likely N-dealkylation sites (tertiary alicyclic amines) is 1. The van der Waals surface area contributed by atoms with E-state index in [-0.39, 0.29) is 18.6 Å². The molecule has 1 amide bonds.